The van der Waals surface area contributed by atoms with Gasteiger partial charge in [-0.05, 0) is 24.3 Å². The van der Waals surface area contributed by atoms with Gasteiger partial charge in [-0.2, -0.15) is 0 Å². The van der Waals surface area contributed by atoms with Crippen LogP contribution in [0.2, 0.25) is 5.02 Å². The van der Waals surface area contributed by atoms with Gasteiger partial charge in [-0.15, -0.1) is 0 Å². The van der Waals surface area contributed by atoms with Crippen LogP contribution >= 0.6 is 11.6 Å². The number of nitrogens with one attached hydrogen (secondary N) is 1. The summed E-state index contributed by atoms with van der Waals surface area (Å²) < 4.78 is 6.54. The minimum Gasteiger partial charge on any atom is -0.407 e. The van der Waals surface area contributed by atoms with Crippen LogP contribution in [0.5, 0.6) is 5.75 Å². The second-order valence-corrected chi connectivity index (χ2v) is 3.67. The molecule has 5 heteroatoms. The van der Waals surface area contributed by atoms with E-state index in [9.17, 15) is 4.79 Å². The van der Waals surface area contributed by atoms with Gasteiger partial charge in [-0.1, -0.05) is 27.8 Å². The molecule has 0 fully saturated rings. The van der Waals surface area contributed by atoms with Gasteiger partial charge in [0.05, 0.1) is 0 Å². The lowest BCUT2D eigenvalue weighted by molar-refractivity contribution is -0.642. The molecule has 0 saturated carbocycles. The second kappa shape index (κ2) is 5.32. The summed E-state index contributed by atoms with van der Waals surface area (Å²) in [4.78, 5) is 11.5. The van der Waals surface area contributed by atoms with Crippen molar-refractivity contribution in [3.8, 4) is 5.75 Å². The van der Waals surface area contributed by atoms with Crippen molar-refractivity contribution in [1.29, 1.82) is 0 Å². The molecule has 1 amide bonds. The number of carbonyl (C=O) groups is 1. The Morgan fingerprint density at radius 1 is 1.12 bits per heavy atom. The van der Waals surface area contributed by atoms with Gasteiger partial charge in [0.2, 0.25) is 0 Å². The van der Waals surface area contributed by atoms with Gasteiger partial charge in [-0.3, -0.25) is 0 Å². The normalized spacial score (nSPS) is 9.71. The first-order valence-corrected chi connectivity index (χ1v) is 5.32. The van der Waals surface area contributed by atoms with Gasteiger partial charge in [0.1, 0.15) is 5.75 Å². The maximum atomic E-state index is 11.5. The number of aromatic nitrogens is 1. The number of pyridine rings is 1. The van der Waals surface area contributed by atoms with E-state index in [2.05, 4.69) is 5.43 Å². The minimum absolute atomic E-state index is 0.434. The lowest BCUT2D eigenvalue weighted by atomic mass is 10.3. The first-order chi connectivity index (χ1) is 8.24. The molecule has 0 radical (unpaired) electrons. The quantitative estimate of drug-likeness (QED) is 0.831. The van der Waals surface area contributed by atoms with Crippen molar-refractivity contribution in [2.75, 3.05) is 5.43 Å². The predicted molar refractivity (Wildman–Crippen MR) is 63.5 cm³/mol. The van der Waals surface area contributed by atoms with Gasteiger partial charge in [0, 0.05) is 17.2 Å². The molecule has 0 spiro atoms. The fourth-order valence-corrected chi connectivity index (χ4v) is 1.34. The van der Waals surface area contributed by atoms with Gasteiger partial charge in [0.15, 0.2) is 12.4 Å². The summed E-state index contributed by atoms with van der Waals surface area (Å²) in [6, 6.07) is 12.0. The van der Waals surface area contributed by atoms with Crippen LogP contribution in [0.25, 0.3) is 0 Å². The van der Waals surface area contributed by atoms with E-state index in [1.807, 2.05) is 6.07 Å². The number of rotatable bonds is 2. The van der Waals surface area contributed by atoms with Gasteiger partial charge in [-0.25, -0.2) is 4.79 Å². The Kier molecular flexibility index (Phi) is 3.57. The Labute approximate surface area is 103 Å². The highest BCUT2D eigenvalue weighted by Crippen LogP contribution is 2.15. The van der Waals surface area contributed by atoms with E-state index in [0.29, 0.717) is 10.8 Å². The molecule has 0 unspecified atom stereocenters. The van der Waals surface area contributed by atoms with E-state index in [4.69, 9.17) is 16.3 Å². The van der Waals surface area contributed by atoms with Crippen molar-refractivity contribution in [1.82, 2.24) is 0 Å². The van der Waals surface area contributed by atoms with E-state index >= 15 is 0 Å². The molecule has 17 heavy (non-hydrogen) atoms. The third-order valence-electron chi connectivity index (χ3n) is 1.96. The smallest absolute Gasteiger partial charge is 0.407 e. The number of hydrogen-bond donors (Lipinski definition) is 1. The third-order valence-corrected chi connectivity index (χ3v) is 2.21. The monoisotopic (exact) mass is 249 g/mol. The van der Waals surface area contributed by atoms with E-state index in [1.165, 1.54) is 4.68 Å². The Balaban J connectivity index is 1.96. The Hall–Kier alpha value is -2.07. The summed E-state index contributed by atoms with van der Waals surface area (Å²) >= 11 is 5.72. The molecule has 0 aliphatic heterocycles. The van der Waals surface area contributed by atoms with E-state index in [0.717, 1.165) is 0 Å². The first-order valence-electron chi connectivity index (χ1n) is 4.95. The Morgan fingerprint density at radius 3 is 2.41 bits per heavy atom. The van der Waals surface area contributed by atoms with E-state index in [-0.39, 0.29) is 0 Å². The van der Waals surface area contributed by atoms with Crippen molar-refractivity contribution in [2.45, 2.75) is 0 Å². The van der Waals surface area contributed by atoms with E-state index < -0.39 is 6.09 Å². The van der Waals surface area contributed by atoms with Crippen LogP contribution in [0, 0.1) is 0 Å². The van der Waals surface area contributed by atoms with Crippen LogP contribution in [0.3, 0.4) is 0 Å². The Bertz CT molecular complexity index is 500. The number of ether oxygens (including phenoxy) is 1. The van der Waals surface area contributed by atoms with Crippen LogP contribution in [-0.2, 0) is 0 Å². The zero-order valence-corrected chi connectivity index (χ0v) is 9.59. The minimum atomic E-state index is -0.566. The van der Waals surface area contributed by atoms with Crippen LogP contribution in [0.4, 0.5) is 4.79 Å². The molecule has 0 aliphatic carbocycles. The summed E-state index contributed by atoms with van der Waals surface area (Å²) in [6.07, 6.45) is 2.83. The first kappa shape index (κ1) is 11.4. The number of halogens is 1. The second-order valence-electron chi connectivity index (χ2n) is 3.24. The summed E-state index contributed by atoms with van der Waals surface area (Å²) in [7, 11) is 0. The number of carbonyl (C=O) groups excluding carboxylic acids is 1. The zero-order valence-electron chi connectivity index (χ0n) is 8.84. The van der Waals surface area contributed by atoms with Crippen LogP contribution < -0.4 is 14.8 Å². The van der Waals surface area contributed by atoms with Crippen molar-refractivity contribution in [3.63, 3.8) is 0 Å². The molecular weight excluding hydrogens is 240 g/mol. The molecule has 2 rings (SSSR count). The highest BCUT2D eigenvalue weighted by molar-refractivity contribution is 6.30. The number of hydrogen-bond acceptors (Lipinski definition) is 2. The average molecular weight is 250 g/mol. The molecule has 2 aromatic rings. The molecule has 0 saturated heterocycles. The maximum Gasteiger partial charge on any atom is 0.466 e. The number of amides is 1. The molecule has 1 heterocycles. The molecule has 0 bridgehead atoms. The lowest BCUT2D eigenvalue weighted by Crippen LogP contribution is -2.48. The molecular formula is C12H10ClN2O2+. The van der Waals surface area contributed by atoms with Gasteiger partial charge < -0.3 is 4.74 Å². The topological polar surface area (TPSA) is 42.2 Å². The van der Waals surface area contributed by atoms with Gasteiger partial charge >= 0.3 is 6.09 Å². The molecule has 1 aromatic heterocycles. The van der Waals surface area contributed by atoms with Crippen molar-refractivity contribution >= 4 is 17.7 Å². The van der Waals surface area contributed by atoms with Crippen molar-refractivity contribution < 1.29 is 14.2 Å². The predicted octanol–water partition coefficient (Wildman–Crippen LogP) is 2.37. The maximum absolute atomic E-state index is 11.5. The fraction of sp³-hybridized carbons (Fsp3) is 0. The average Bonchev–Trinajstić information content (AvgIpc) is 2.33. The fourth-order valence-electron chi connectivity index (χ4n) is 1.21. The highest BCUT2D eigenvalue weighted by atomic mass is 35.5. The SMILES string of the molecule is O=C(N[n+]1ccccc1)Oc1ccc(Cl)cc1. The summed E-state index contributed by atoms with van der Waals surface area (Å²) in [6.45, 7) is 0. The standard InChI is InChI=1S/C12H9ClN2O2/c13-10-4-6-11(7-5-10)17-12(16)14-15-8-2-1-3-9-15/h1-9H/p+1. The van der Waals surface area contributed by atoms with Crippen molar-refractivity contribution in [3.05, 3.63) is 59.9 Å². The molecule has 0 atom stereocenters. The summed E-state index contributed by atoms with van der Waals surface area (Å²) in [5, 5.41) is 0.593. The number of nitrogens with zero attached hydrogens (tertiary/aromatic N) is 1. The lowest BCUT2D eigenvalue weighted by Gasteiger charge is -2.02. The summed E-state index contributed by atoms with van der Waals surface area (Å²) in [5.41, 5.74) is 2.53. The van der Waals surface area contributed by atoms with E-state index in [1.54, 1.807) is 48.8 Å². The number of benzene rings is 1. The molecule has 4 nitrogen and oxygen atoms in total. The molecule has 1 aromatic carbocycles. The highest BCUT2D eigenvalue weighted by Gasteiger charge is 2.08. The van der Waals surface area contributed by atoms with Crippen LogP contribution in [0.15, 0.2) is 54.9 Å². The van der Waals surface area contributed by atoms with Crippen molar-refractivity contribution in [2.24, 2.45) is 0 Å². The zero-order chi connectivity index (χ0) is 12.1. The molecule has 1 N–H and O–H groups in total. The Morgan fingerprint density at radius 2 is 1.76 bits per heavy atom. The molecule has 86 valence electrons. The van der Waals surface area contributed by atoms with Gasteiger partial charge in [0.25, 0.3) is 0 Å². The van der Waals surface area contributed by atoms with Crippen LogP contribution in [0.1, 0.15) is 0 Å². The third kappa shape index (κ3) is 3.46. The molecule has 0 aliphatic rings. The summed E-state index contributed by atoms with van der Waals surface area (Å²) in [5.74, 6) is 0.434. The largest absolute Gasteiger partial charge is 0.466 e. The van der Waals surface area contributed by atoms with Crippen LogP contribution in [-0.4, -0.2) is 6.09 Å².